The van der Waals surface area contributed by atoms with Gasteiger partial charge in [-0.25, -0.2) is 0 Å². The molecule has 0 heterocycles. The van der Waals surface area contributed by atoms with E-state index >= 15 is 0 Å². The molecule has 4 aliphatic carbocycles. The van der Waals surface area contributed by atoms with Crippen LogP contribution in [0.3, 0.4) is 0 Å². The van der Waals surface area contributed by atoms with Crippen molar-refractivity contribution in [1.29, 1.82) is 0 Å². The Bertz CT molecular complexity index is 273. The van der Waals surface area contributed by atoms with Gasteiger partial charge in [0.15, 0.2) is 0 Å². The molecule has 14 heavy (non-hydrogen) atoms. The molecular weight excluding hydrogens is 200 g/mol. The number of carboxylic acids is 1. The van der Waals surface area contributed by atoms with Crippen LogP contribution in [-0.4, -0.2) is 16.5 Å². The maximum absolute atomic E-state index is 11.3. The topological polar surface area (TPSA) is 37.3 Å². The minimum atomic E-state index is -0.569. The molecule has 2 unspecified atom stereocenters. The van der Waals surface area contributed by atoms with Crippen LogP contribution in [0.5, 0.6) is 0 Å². The number of hydrogen-bond donors (Lipinski definition) is 1. The van der Waals surface area contributed by atoms with Crippen molar-refractivity contribution in [2.45, 2.75) is 37.5 Å². The van der Waals surface area contributed by atoms with Crippen LogP contribution in [0.1, 0.15) is 32.1 Å². The lowest BCUT2D eigenvalue weighted by Gasteiger charge is -2.56. The van der Waals surface area contributed by atoms with Gasteiger partial charge in [-0.1, -0.05) is 0 Å². The van der Waals surface area contributed by atoms with Crippen molar-refractivity contribution >= 4 is 17.6 Å². The van der Waals surface area contributed by atoms with Crippen LogP contribution in [0.4, 0.5) is 0 Å². The molecule has 0 aromatic heterocycles. The number of aliphatic carboxylic acids is 1. The predicted molar refractivity (Wildman–Crippen MR) is 53.3 cm³/mol. The maximum Gasteiger partial charge on any atom is 0.309 e. The molecule has 0 aromatic carbocycles. The van der Waals surface area contributed by atoms with Crippen LogP contribution < -0.4 is 0 Å². The van der Waals surface area contributed by atoms with E-state index < -0.39 is 5.97 Å². The molecule has 0 aliphatic heterocycles. The van der Waals surface area contributed by atoms with E-state index in [1.54, 1.807) is 0 Å². The van der Waals surface area contributed by atoms with Crippen LogP contribution in [-0.2, 0) is 4.79 Å². The van der Waals surface area contributed by atoms with Gasteiger partial charge < -0.3 is 5.11 Å². The number of alkyl halides is 1. The second-order valence-corrected chi connectivity index (χ2v) is 6.00. The van der Waals surface area contributed by atoms with Crippen molar-refractivity contribution in [2.24, 2.45) is 23.2 Å². The Morgan fingerprint density at radius 1 is 1.21 bits per heavy atom. The molecule has 4 saturated carbocycles. The van der Waals surface area contributed by atoms with E-state index in [9.17, 15) is 9.90 Å². The van der Waals surface area contributed by atoms with Crippen molar-refractivity contribution in [1.82, 2.24) is 0 Å². The third-order valence-corrected chi connectivity index (χ3v) is 5.32. The summed E-state index contributed by atoms with van der Waals surface area (Å²) in [6, 6.07) is 0. The molecule has 0 spiro atoms. The minimum absolute atomic E-state index is 0.263. The first kappa shape index (κ1) is 9.02. The fraction of sp³-hybridized carbons (Fsp3) is 0.909. The van der Waals surface area contributed by atoms with Gasteiger partial charge in [0, 0.05) is 5.38 Å². The van der Waals surface area contributed by atoms with Crippen molar-refractivity contribution < 1.29 is 9.90 Å². The van der Waals surface area contributed by atoms with Crippen molar-refractivity contribution in [2.75, 3.05) is 0 Å². The van der Waals surface area contributed by atoms with Gasteiger partial charge >= 0.3 is 5.97 Å². The highest BCUT2D eigenvalue weighted by molar-refractivity contribution is 6.21. The Hall–Kier alpha value is -0.240. The lowest BCUT2D eigenvalue weighted by atomic mass is 9.49. The van der Waals surface area contributed by atoms with Gasteiger partial charge in [-0.2, -0.15) is 0 Å². The summed E-state index contributed by atoms with van der Waals surface area (Å²) in [7, 11) is 0. The summed E-state index contributed by atoms with van der Waals surface area (Å²) in [6.45, 7) is 0. The minimum Gasteiger partial charge on any atom is -0.481 e. The summed E-state index contributed by atoms with van der Waals surface area (Å²) in [5.41, 5.74) is -0.387. The zero-order valence-corrected chi connectivity index (χ0v) is 8.83. The Morgan fingerprint density at radius 2 is 1.79 bits per heavy atom. The highest BCUT2D eigenvalue weighted by Crippen LogP contribution is 2.61. The lowest BCUT2D eigenvalue weighted by Crippen LogP contribution is -2.54. The monoisotopic (exact) mass is 214 g/mol. The van der Waals surface area contributed by atoms with Gasteiger partial charge in [0.2, 0.25) is 0 Å². The number of rotatable bonds is 1. The lowest BCUT2D eigenvalue weighted by molar-refractivity contribution is -0.164. The van der Waals surface area contributed by atoms with E-state index in [2.05, 4.69) is 0 Å². The fourth-order valence-corrected chi connectivity index (χ4v) is 4.61. The van der Waals surface area contributed by atoms with E-state index in [1.165, 1.54) is 12.8 Å². The highest BCUT2D eigenvalue weighted by atomic mass is 35.5. The van der Waals surface area contributed by atoms with Gasteiger partial charge in [-0.3, -0.25) is 4.79 Å². The van der Waals surface area contributed by atoms with Gasteiger partial charge in [0.05, 0.1) is 5.41 Å². The third kappa shape index (κ3) is 1.01. The Kier molecular flexibility index (Phi) is 1.71. The van der Waals surface area contributed by atoms with Gasteiger partial charge in [0.1, 0.15) is 0 Å². The first-order valence-electron chi connectivity index (χ1n) is 5.48. The molecule has 1 N–H and O–H groups in total. The summed E-state index contributed by atoms with van der Waals surface area (Å²) in [5.74, 6) is 1.05. The first-order chi connectivity index (χ1) is 6.61. The largest absolute Gasteiger partial charge is 0.481 e. The summed E-state index contributed by atoms with van der Waals surface area (Å²) < 4.78 is 0. The summed E-state index contributed by atoms with van der Waals surface area (Å²) in [5, 5.41) is 9.58. The van der Waals surface area contributed by atoms with Crippen LogP contribution in [0.25, 0.3) is 0 Å². The molecule has 4 fully saturated rings. The van der Waals surface area contributed by atoms with Crippen LogP contribution in [0.2, 0.25) is 0 Å². The number of carboxylic acid groups (broad SMARTS) is 1. The fourth-order valence-electron chi connectivity index (χ4n) is 4.22. The van der Waals surface area contributed by atoms with E-state index in [0.29, 0.717) is 17.8 Å². The van der Waals surface area contributed by atoms with Gasteiger partial charge in [0.25, 0.3) is 0 Å². The van der Waals surface area contributed by atoms with E-state index in [4.69, 9.17) is 11.6 Å². The van der Waals surface area contributed by atoms with Crippen LogP contribution >= 0.6 is 11.6 Å². The van der Waals surface area contributed by atoms with Gasteiger partial charge in [-0.05, 0) is 49.9 Å². The molecular formula is C11H15ClO2. The molecule has 0 amide bonds. The van der Waals surface area contributed by atoms with Crippen LogP contribution in [0, 0.1) is 23.2 Å². The molecule has 2 atom stereocenters. The molecule has 3 heteroatoms. The maximum atomic E-state index is 11.3. The normalized spacial score (nSPS) is 54.9. The zero-order valence-electron chi connectivity index (χ0n) is 8.08. The average molecular weight is 215 g/mol. The smallest absolute Gasteiger partial charge is 0.309 e. The summed E-state index contributed by atoms with van der Waals surface area (Å²) >= 11 is 6.34. The molecule has 2 nitrogen and oxygen atoms in total. The molecule has 4 bridgehead atoms. The summed E-state index contributed by atoms with van der Waals surface area (Å²) in [6.07, 6.45) is 4.95. The predicted octanol–water partition coefficient (Wildman–Crippen LogP) is 2.50. The third-order valence-electron chi connectivity index (χ3n) is 4.61. The quantitative estimate of drug-likeness (QED) is 0.681. The highest BCUT2D eigenvalue weighted by Gasteiger charge is 2.58. The SMILES string of the molecule is O=C(O)C12CC3CC(C1)C(Cl)C(C3)C2. The van der Waals surface area contributed by atoms with E-state index in [0.717, 1.165) is 19.3 Å². The first-order valence-corrected chi connectivity index (χ1v) is 5.92. The average Bonchev–Trinajstić information content (AvgIpc) is 2.12. The second-order valence-electron chi connectivity index (χ2n) is 5.50. The Balaban J connectivity index is 1.96. The molecule has 0 radical (unpaired) electrons. The number of halogens is 1. The second kappa shape index (κ2) is 2.66. The Morgan fingerprint density at radius 3 is 2.29 bits per heavy atom. The Labute approximate surface area is 88.6 Å². The standard InChI is InChI=1S/C11H15ClO2/c12-9-7-1-6-2-8(9)5-11(3-6,4-7)10(13)14/h6-9H,1-5H2,(H,13,14). The molecule has 4 rings (SSSR count). The van der Waals surface area contributed by atoms with Gasteiger partial charge in [-0.15, -0.1) is 11.6 Å². The van der Waals surface area contributed by atoms with Crippen LogP contribution in [0.15, 0.2) is 0 Å². The van der Waals surface area contributed by atoms with Crippen molar-refractivity contribution in [3.8, 4) is 0 Å². The number of carbonyl (C=O) groups is 1. The van der Waals surface area contributed by atoms with E-state index in [-0.39, 0.29) is 10.8 Å². The van der Waals surface area contributed by atoms with Crippen molar-refractivity contribution in [3.05, 3.63) is 0 Å². The number of hydrogen-bond acceptors (Lipinski definition) is 1. The summed E-state index contributed by atoms with van der Waals surface area (Å²) in [4.78, 5) is 11.3. The molecule has 0 saturated heterocycles. The zero-order chi connectivity index (χ0) is 9.92. The molecule has 0 aromatic rings. The van der Waals surface area contributed by atoms with E-state index in [1.807, 2.05) is 0 Å². The molecule has 78 valence electrons. The van der Waals surface area contributed by atoms with Crippen molar-refractivity contribution in [3.63, 3.8) is 0 Å². The molecule has 4 aliphatic rings.